The first-order chi connectivity index (χ1) is 22.4. The highest BCUT2D eigenvalue weighted by Gasteiger charge is 2.28. The molecule has 12 heteroatoms. The zero-order chi connectivity index (χ0) is 33.6. The van der Waals surface area contributed by atoms with Gasteiger partial charge in [0, 0.05) is 62.2 Å². The highest BCUT2D eigenvalue weighted by atomic mass is 16.6. The molecule has 12 nitrogen and oxygen atoms in total. The Labute approximate surface area is 274 Å². The second kappa shape index (κ2) is 14.4. The minimum Gasteiger partial charge on any atom is -0.444 e. The molecule has 2 aliphatic heterocycles. The number of ether oxygens (including phenoxy) is 1. The van der Waals surface area contributed by atoms with Crippen molar-refractivity contribution in [3.8, 4) is 0 Å². The van der Waals surface area contributed by atoms with Gasteiger partial charge in [-0.05, 0) is 79.8 Å². The summed E-state index contributed by atoms with van der Waals surface area (Å²) in [4.78, 5) is 55.9. The van der Waals surface area contributed by atoms with E-state index in [9.17, 15) is 19.2 Å². The lowest BCUT2D eigenvalue weighted by Crippen LogP contribution is -2.36. The van der Waals surface area contributed by atoms with Crippen LogP contribution in [0, 0.1) is 5.92 Å². The van der Waals surface area contributed by atoms with E-state index in [2.05, 4.69) is 20.9 Å². The number of benzene rings is 2. The van der Waals surface area contributed by atoms with Gasteiger partial charge in [0.2, 0.25) is 5.91 Å². The predicted octanol–water partition coefficient (Wildman–Crippen LogP) is 5.05. The van der Waals surface area contributed by atoms with E-state index < -0.39 is 11.7 Å². The number of anilines is 1. The molecule has 3 aromatic rings. The highest BCUT2D eigenvalue weighted by molar-refractivity contribution is 6.06. The van der Waals surface area contributed by atoms with Crippen LogP contribution in [-0.4, -0.2) is 63.2 Å². The van der Waals surface area contributed by atoms with Gasteiger partial charge in [-0.15, -0.1) is 0 Å². The van der Waals surface area contributed by atoms with E-state index in [4.69, 9.17) is 9.84 Å². The molecule has 1 unspecified atom stereocenters. The number of nitrogens with one attached hydrogen (secondary N) is 3. The smallest absolute Gasteiger partial charge is 0.407 e. The number of hydrazone groups is 1. The minimum absolute atomic E-state index is 0.0682. The molecule has 0 spiro atoms. The zero-order valence-corrected chi connectivity index (χ0v) is 27.2. The van der Waals surface area contributed by atoms with Crippen LogP contribution < -0.4 is 16.0 Å². The van der Waals surface area contributed by atoms with Crippen molar-refractivity contribution in [3.05, 3.63) is 94.8 Å². The number of aromatic nitrogens is 1. The number of alkyl carbamates (subject to hydrolysis) is 1. The number of carbonyl (C=O) groups excluding carboxylic acids is 4. The number of nitrogens with zero attached hydrogens (tertiary/aromatic N) is 4. The van der Waals surface area contributed by atoms with Crippen LogP contribution in [0.4, 0.5) is 15.3 Å². The summed E-state index contributed by atoms with van der Waals surface area (Å²) in [6, 6.07) is 16.3. The molecule has 0 bridgehead atoms. The van der Waals surface area contributed by atoms with Crippen molar-refractivity contribution < 1.29 is 23.9 Å². The lowest BCUT2D eigenvalue weighted by atomic mass is 9.93. The first-order valence-electron chi connectivity index (χ1n) is 15.8. The van der Waals surface area contributed by atoms with Crippen molar-refractivity contribution in [1.29, 1.82) is 0 Å². The van der Waals surface area contributed by atoms with Crippen LogP contribution in [0.3, 0.4) is 0 Å². The van der Waals surface area contributed by atoms with E-state index in [1.807, 2.05) is 49.4 Å². The van der Waals surface area contributed by atoms with E-state index in [1.165, 1.54) is 5.01 Å². The number of urea groups is 1. The maximum absolute atomic E-state index is 12.9. The Morgan fingerprint density at radius 1 is 0.936 bits per heavy atom. The van der Waals surface area contributed by atoms with Crippen LogP contribution in [0.25, 0.3) is 0 Å². The minimum atomic E-state index is -0.562. The summed E-state index contributed by atoms with van der Waals surface area (Å²) in [6.45, 7) is 9.49. The molecule has 3 heterocycles. The van der Waals surface area contributed by atoms with Crippen molar-refractivity contribution in [3.63, 3.8) is 0 Å². The first kappa shape index (κ1) is 33.1. The summed E-state index contributed by atoms with van der Waals surface area (Å²) in [5.74, 6) is -0.366. The lowest BCUT2D eigenvalue weighted by molar-refractivity contribution is -0.133. The molecule has 0 fully saturated rings. The van der Waals surface area contributed by atoms with E-state index in [1.54, 1.807) is 50.2 Å². The molecule has 0 aliphatic carbocycles. The van der Waals surface area contributed by atoms with Crippen molar-refractivity contribution in [1.82, 2.24) is 25.5 Å². The van der Waals surface area contributed by atoms with E-state index in [0.29, 0.717) is 50.3 Å². The molecule has 5 rings (SSSR count). The maximum atomic E-state index is 12.9. The molecule has 2 aromatic carbocycles. The van der Waals surface area contributed by atoms with Gasteiger partial charge in [-0.1, -0.05) is 31.2 Å². The fourth-order valence-corrected chi connectivity index (χ4v) is 5.34. The van der Waals surface area contributed by atoms with Crippen LogP contribution >= 0.6 is 0 Å². The van der Waals surface area contributed by atoms with Gasteiger partial charge >= 0.3 is 12.1 Å². The monoisotopic (exact) mass is 639 g/mol. The molecule has 5 amide bonds. The lowest BCUT2D eigenvalue weighted by Gasteiger charge is -2.28. The summed E-state index contributed by atoms with van der Waals surface area (Å²) >= 11 is 0. The standard InChI is InChI=1S/C35H41N7O5/c1-23-18-30(43)42(20-24-6-8-26(9-7-24)32(44)37-15-5-16-38-34(46)47-35(2,3)4)40-31(23)25-10-12-29(13-11-25)39-33(45)41-21-27-14-17-36-19-28(27)22-41/h6-14,17,19,23H,5,15-16,18,20-22H2,1-4H3,(H,37,44)(H,38,46)(H,39,45). The van der Waals surface area contributed by atoms with Crippen LogP contribution in [0.1, 0.15) is 73.1 Å². The Morgan fingerprint density at radius 3 is 2.34 bits per heavy atom. The first-order valence-corrected chi connectivity index (χ1v) is 15.8. The van der Waals surface area contributed by atoms with Gasteiger partial charge in [0.05, 0.1) is 12.3 Å². The summed E-state index contributed by atoms with van der Waals surface area (Å²) in [5.41, 5.74) is 5.28. The van der Waals surface area contributed by atoms with Crippen molar-refractivity contribution in [2.75, 3.05) is 18.4 Å². The van der Waals surface area contributed by atoms with Crippen molar-refractivity contribution in [2.45, 2.75) is 65.8 Å². The number of amides is 5. The average molecular weight is 640 g/mol. The second-order valence-corrected chi connectivity index (χ2v) is 12.8. The van der Waals surface area contributed by atoms with E-state index in [0.717, 1.165) is 28.0 Å². The molecule has 1 aromatic heterocycles. The molecule has 0 saturated heterocycles. The normalized spacial score (nSPS) is 15.9. The van der Waals surface area contributed by atoms with Gasteiger partial charge in [-0.3, -0.25) is 14.6 Å². The molecule has 47 heavy (non-hydrogen) atoms. The molecule has 246 valence electrons. The van der Waals surface area contributed by atoms with Crippen molar-refractivity contribution in [2.24, 2.45) is 11.0 Å². The van der Waals surface area contributed by atoms with Gasteiger partial charge < -0.3 is 25.6 Å². The molecule has 0 radical (unpaired) electrons. The molecule has 1 atom stereocenters. The van der Waals surface area contributed by atoms with Crippen molar-refractivity contribution >= 4 is 35.3 Å². The van der Waals surface area contributed by atoms with Gasteiger partial charge in [0.15, 0.2) is 0 Å². The number of fused-ring (bicyclic) bond motifs is 1. The second-order valence-electron chi connectivity index (χ2n) is 12.8. The molecule has 3 N–H and O–H groups in total. The Kier molecular flexibility index (Phi) is 10.2. The summed E-state index contributed by atoms with van der Waals surface area (Å²) < 4.78 is 5.19. The largest absolute Gasteiger partial charge is 0.444 e. The van der Waals surface area contributed by atoms with Crippen LogP contribution in [-0.2, 0) is 29.2 Å². The van der Waals surface area contributed by atoms with Gasteiger partial charge in [0.25, 0.3) is 5.91 Å². The maximum Gasteiger partial charge on any atom is 0.407 e. The zero-order valence-electron chi connectivity index (χ0n) is 27.2. The third-order valence-electron chi connectivity index (χ3n) is 7.77. The van der Waals surface area contributed by atoms with Gasteiger partial charge in [-0.25, -0.2) is 14.6 Å². The fraction of sp³-hybridized carbons (Fsp3) is 0.371. The number of rotatable bonds is 9. The predicted molar refractivity (Wildman–Crippen MR) is 177 cm³/mol. The number of carbonyl (C=O) groups is 4. The molecular formula is C35H41N7O5. The number of hydrogen-bond donors (Lipinski definition) is 3. The average Bonchev–Trinajstić information content (AvgIpc) is 3.47. The number of pyridine rings is 1. The Bertz CT molecular complexity index is 1620. The third kappa shape index (κ3) is 8.93. The quantitative estimate of drug-likeness (QED) is 0.280. The van der Waals surface area contributed by atoms with E-state index in [-0.39, 0.29) is 30.3 Å². The molecule has 0 saturated carbocycles. The van der Waals surface area contributed by atoms with E-state index >= 15 is 0 Å². The summed E-state index contributed by atoms with van der Waals surface area (Å²) in [6.07, 6.45) is 3.93. The Hall–Kier alpha value is -5.26. The van der Waals surface area contributed by atoms with Crippen LogP contribution in [0.2, 0.25) is 0 Å². The van der Waals surface area contributed by atoms with Crippen LogP contribution in [0.5, 0.6) is 0 Å². The van der Waals surface area contributed by atoms with Gasteiger partial charge in [-0.2, -0.15) is 5.10 Å². The highest BCUT2D eigenvalue weighted by Crippen LogP contribution is 2.25. The topological polar surface area (TPSA) is 145 Å². The van der Waals surface area contributed by atoms with Crippen LogP contribution in [0.15, 0.2) is 72.1 Å². The molecular weight excluding hydrogens is 598 g/mol. The Morgan fingerprint density at radius 2 is 1.64 bits per heavy atom. The number of hydrogen-bond acceptors (Lipinski definition) is 7. The van der Waals surface area contributed by atoms with Gasteiger partial charge in [0.1, 0.15) is 5.60 Å². The Balaban J connectivity index is 1.12. The fourth-order valence-electron chi connectivity index (χ4n) is 5.34. The third-order valence-corrected chi connectivity index (χ3v) is 7.77. The summed E-state index contributed by atoms with van der Waals surface area (Å²) in [7, 11) is 0. The SMILES string of the molecule is CC1CC(=O)N(Cc2ccc(C(=O)NCCCNC(=O)OC(C)(C)C)cc2)N=C1c1ccc(NC(=O)N2Cc3ccncc3C2)cc1. The molecule has 2 aliphatic rings. The summed E-state index contributed by atoms with van der Waals surface area (Å²) in [5, 5.41) is 14.7.